The summed E-state index contributed by atoms with van der Waals surface area (Å²) in [6.07, 6.45) is 2.34. The smallest absolute Gasteiger partial charge is 0.271 e. The number of hydrogen-bond donors (Lipinski definition) is 0. The summed E-state index contributed by atoms with van der Waals surface area (Å²) in [5.41, 5.74) is 1.27. The molecule has 0 spiro atoms. The molecule has 0 saturated heterocycles. The fourth-order valence-electron chi connectivity index (χ4n) is 0.901. The van der Waals surface area contributed by atoms with Crippen LogP contribution in [0.4, 0.5) is 0 Å². The number of aromatic nitrogens is 1. The van der Waals surface area contributed by atoms with Gasteiger partial charge in [-0.15, -0.1) is 0 Å². The maximum Gasteiger partial charge on any atom is 0.271 e. The van der Waals surface area contributed by atoms with E-state index in [1.165, 1.54) is 0 Å². The highest BCUT2D eigenvalue weighted by Gasteiger charge is 2.06. The van der Waals surface area contributed by atoms with Gasteiger partial charge in [0.25, 0.3) is 5.24 Å². The normalized spacial score (nSPS) is 9.64. The predicted molar refractivity (Wildman–Crippen MR) is 43.8 cm³/mol. The first-order chi connectivity index (χ1) is 5.25. The molecule has 1 aromatic rings. The highest BCUT2D eigenvalue weighted by Crippen LogP contribution is 2.08. The summed E-state index contributed by atoms with van der Waals surface area (Å²) < 4.78 is 0. The molecule has 0 aliphatic heterocycles. The Hall–Kier alpha value is -0.890. The highest BCUT2D eigenvalue weighted by molar-refractivity contribution is 6.67. The monoisotopic (exact) mass is 169 g/mol. The molecule has 1 rings (SSSR count). The van der Waals surface area contributed by atoms with E-state index in [9.17, 15) is 4.79 Å². The fraction of sp³-hybridized carbons (Fsp3) is 0.250. The Morgan fingerprint density at radius 2 is 2.45 bits per heavy atom. The van der Waals surface area contributed by atoms with Crippen LogP contribution in [0.25, 0.3) is 0 Å². The van der Waals surface area contributed by atoms with Gasteiger partial charge in [0.2, 0.25) is 0 Å². The van der Waals surface area contributed by atoms with E-state index in [0.717, 1.165) is 12.0 Å². The second-order valence-corrected chi connectivity index (χ2v) is 2.48. The van der Waals surface area contributed by atoms with E-state index in [1.54, 1.807) is 12.3 Å². The van der Waals surface area contributed by atoms with Crippen molar-refractivity contribution in [2.24, 2.45) is 0 Å². The van der Waals surface area contributed by atoms with Crippen molar-refractivity contribution >= 4 is 16.8 Å². The molecular formula is C8H8ClNO. The van der Waals surface area contributed by atoms with Gasteiger partial charge < -0.3 is 0 Å². The molecular weight excluding hydrogens is 162 g/mol. The third-order valence-electron chi connectivity index (χ3n) is 1.46. The molecule has 0 aromatic carbocycles. The average molecular weight is 170 g/mol. The lowest BCUT2D eigenvalue weighted by atomic mass is 10.1. The molecule has 0 aliphatic rings. The molecule has 0 saturated carbocycles. The van der Waals surface area contributed by atoms with E-state index in [4.69, 9.17) is 11.6 Å². The standard InChI is InChI=1S/C8H8ClNO/c1-2-6-4-3-5-10-7(6)8(9)11/h3-5H,2H2,1H3. The molecule has 0 fully saturated rings. The molecule has 11 heavy (non-hydrogen) atoms. The van der Waals surface area contributed by atoms with Gasteiger partial charge in [-0.1, -0.05) is 13.0 Å². The van der Waals surface area contributed by atoms with Gasteiger partial charge in [0.05, 0.1) is 0 Å². The van der Waals surface area contributed by atoms with Crippen LogP contribution in [-0.4, -0.2) is 10.2 Å². The first-order valence-electron chi connectivity index (χ1n) is 3.39. The van der Waals surface area contributed by atoms with Gasteiger partial charge in [-0.05, 0) is 29.7 Å². The van der Waals surface area contributed by atoms with Crippen LogP contribution in [0.1, 0.15) is 23.0 Å². The van der Waals surface area contributed by atoms with Gasteiger partial charge >= 0.3 is 0 Å². The maximum atomic E-state index is 10.7. The number of aryl methyl sites for hydroxylation is 1. The summed E-state index contributed by atoms with van der Waals surface area (Å²) in [5, 5.41) is -0.484. The van der Waals surface area contributed by atoms with Crippen LogP contribution >= 0.6 is 11.6 Å². The molecule has 1 heterocycles. The minimum absolute atomic E-state index is 0.372. The van der Waals surface area contributed by atoms with Gasteiger partial charge in [0, 0.05) is 6.20 Å². The van der Waals surface area contributed by atoms with E-state index < -0.39 is 5.24 Å². The summed E-state index contributed by atoms with van der Waals surface area (Å²) in [4.78, 5) is 14.6. The molecule has 1 aromatic heterocycles. The zero-order valence-electron chi connectivity index (χ0n) is 6.17. The second kappa shape index (κ2) is 3.49. The highest BCUT2D eigenvalue weighted by atomic mass is 35.5. The summed E-state index contributed by atoms with van der Waals surface area (Å²) in [6.45, 7) is 1.96. The van der Waals surface area contributed by atoms with E-state index in [2.05, 4.69) is 4.98 Å². The average Bonchev–Trinajstić information content (AvgIpc) is 2.04. The Labute approximate surface area is 70.2 Å². The van der Waals surface area contributed by atoms with E-state index in [0.29, 0.717) is 5.69 Å². The van der Waals surface area contributed by atoms with Crippen molar-refractivity contribution in [3.05, 3.63) is 29.6 Å². The van der Waals surface area contributed by atoms with Crippen LogP contribution < -0.4 is 0 Å². The number of carbonyl (C=O) groups excluding carboxylic acids is 1. The van der Waals surface area contributed by atoms with Crippen LogP contribution in [-0.2, 0) is 6.42 Å². The van der Waals surface area contributed by atoms with Crippen LogP contribution in [0.5, 0.6) is 0 Å². The van der Waals surface area contributed by atoms with Crippen molar-refractivity contribution < 1.29 is 4.79 Å². The minimum atomic E-state index is -0.484. The quantitative estimate of drug-likeness (QED) is 0.634. The lowest BCUT2D eigenvalue weighted by molar-refractivity contribution is 0.107. The number of pyridine rings is 1. The van der Waals surface area contributed by atoms with Crippen molar-refractivity contribution in [3.63, 3.8) is 0 Å². The number of hydrogen-bond acceptors (Lipinski definition) is 2. The number of halogens is 1. The van der Waals surface area contributed by atoms with E-state index in [-0.39, 0.29) is 0 Å². The van der Waals surface area contributed by atoms with Gasteiger partial charge in [-0.2, -0.15) is 0 Å². The number of rotatable bonds is 2. The van der Waals surface area contributed by atoms with Gasteiger partial charge in [0.15, 0.2) is 0 Å². The zero-order chi connectivity index (χ0) is 8.27. The van der Waals surface area contributed by atoms with Crippen LogP contribution in [0.15, 0.2) is 18.3 Å². The molecule has 0 atom stereocenters. The number of nitrogens with zero attached hydrogens (tertiary/aromatic N) is 1. The van der Waals surface area contributed by atoms with Gasteiger partial charge in [-0.3, -0.25) is 9.78 Å². The molecule has 0 amide bonds. The van der Waals surface area contributed by atoms with E-state index in [1.807, 2.05) is 13.0 Å². The van der Waals surface area contributed by atoms with Crippen molar-refractivity contribution in [2.45, 2.75) is 13.3 Å². The first kappa shape index (κ1) is 8.21. The van der Waals surface area contributed by atoms with Crippen molar-refractivity contribution in [2.75, 3.05) is 0 Å². The minimum Gasteiger partial charge on any atom is -0.274 e. The molecule has 0 aliphatic carbocycles. The SMILES string of the molecule is CCc1cccnc1C(=O)Cl. The summed E-state index contributed by atoms with van der Waals surface area (Å²) in [7, 11) is 0. The molecule has 3 heteroatoms. The Bertz CT molecular complexity index is 273. The summed E-state index contributed by atoms with van der Waals surface area (Å²) in [5.74, 6) is 0. The molecule has 0 N–H and O–H groups in total. The molecule has 0 bridgehead atoms. The molecule has 0 unspecified atom stereocenters. The van der Waals surface area contributed by atoms with E-state index >= 15 is 0 Å². The Balaban J connectivity index is 3.12. The number of carbonyl (C=O) groups is 1. The molecule has 0 radical (unpaired) electrons. The summed E-state index contributed by atoms with van der Waals surface area (Å²) in [6, 6.07) is 3.64. The van der Waals surface area contributed by atoms with Crippen molar-refractivity contribution in [3.8, 4) is 0 Å². The van der Waals surface area contributed by atoms with Crippen molar-refractivity contribution in [1.82, 2.24) is 4.98 Å². The second-order valence-electron chi connectivity index (χ2n) is 2.14. The van der Waals surface area contributed by atoms with Crippen LogP contribution in [0, 0.1) is 0 Å². The Morgan fingerprint density at radius 1 is 1.73 bits per heavy atom. The first-order valence-corrected chi connectivity index (χ1v) is 3.77. The van der Waals surface area contributed by atoms with Crippen LogP contribution in [0.3, 0.4) is 0 Å². The van der Waals surface area contributed by atoms with Gasteiger partial charge in [0.1, 0.15) is 5.69 Å². The lowest BCUT2D eigenvalue weighted by Gasteiger charge is -1.99. The molecule has 58 valence electrons. The largest absolute Gasteiger partial charge is 0.274 e. The van der Waals surface area contributed by atoms with Crippen molar-refractivity contribution in [1.29, 1.82) is 0 Å². The Morgan fingerprint density at radius 3 is 2.91 bits per heavy atom. The topological polar surface area (TPSA) is 30.0 Å². The lowest BCUT2D eigenvalue weighted by Crippen LogP contribution is -1.98. The fourth-order valence-corrected chi connectivity index (χ4v) is 1.07. The third-order valence-corrected chi connectivity index (χ3v) is 1.64. The zero-order valence-corrected chi connectivity index (χ0v) is 6.93. The Kier molecular flexibility index (Phi) is 2.60. The van der Waals surface area contributed by atoms with Crippen LogP contribution in [0.2, 0.25) is 0 Å². The maximum absolute atomic E-state index is 10.7. The third kappa shape index (κ3) is 1.77. The predicted octanol–water partition coefficient (Wildman–Crippen LogP) is 2.02. The summed E-state index contributed by atoms with van der Waals surface area (Å²) >= 11 is 5.29. The van der Waals surface area contributed by atoms with Gasteiger partial charge in [-0.25, -0.2) is 0 Å². The molecule has 2 nitrogen and oxygen atoms in total.